The molecule has 0 aliphatic heterocycles. The van der Waals surface area contributed by atoms with Crippen LogP contribution in [0.25, 0.3) is 0 Å². The summed E-state index contributed by atoms with van der Waals surface area (Å²) < 4.78 is 9.28. The summed E-state index contributed by atoms with van der Waals surface area (Å²) in [6.45, 7) is 11.6. The zero-order valence-corrected chi connectivity index (χ0v) is 18.3. The van der Waals surface area contributed by atoms with Gasteiger partial charge in [-0.1, -0.05) is 25.7 Å². The zero-order valence-electron chi connectivity index (χ0n) is 16.7. The van der Waals surface area contributed by atoms with Crippen LogP contribution in [0.5, 0.6) is 0 Å². The summed E-state index contributed by atoms with van der Waals surface area (Å²) in [6, 6.07) is 0. The molecule has 0 heterocycles. The van der Waals surface area contributed by atoms with Crippen molar-refractivity contribution in [3.05, 3.63) is 9.93 Å². The maximum absolute atomic E-state index is 9.20. The molecule has 29 heavy (non-hydrogen) atoms. The van der Waals surface area contributed by atoms with Crippen molar-refractivity contribution in [2.75, 3.05) is 13.1 Å². The van der Waals surface area contributed by atoms with E-state index in [1.165, 1.54) is 0 Å². The van der Waals surface area contributed by atoms with Crippen LogP contribution < -0.4 is 5.26 Å². The first-order valence-electron chi connectivity index (χ1n) is 7.86. The van der Waals surface area contributed by atoms with Gasteiger partial charge in [-0.25, -0.2) is 0 Å². The molecule has 0 N–H and O–H groups in total. The van der Waals surface area contributed by atoms with E-state index in [0.29, 0.717) is 12.0 Å². The van der Waals surface area contributed by atoms with Crippen LogP contribution >= 0.6 is 24.1 Å². The van der Waals surface area contributed by atoms with Crippen molar-refractivity contribution >= 4 is 24.1 Å². The van der Waals surface area contributed by atoms with Crippen LogP contribution in [-0.4, -0.2) is 24.2 Å². The van der Waals surface area contributed by atoms with Gasteiger partial charge >= 0.3 is 0 Å². The maximum Gasteiger partial charge on any atom is 0.123 e. The van der Waals surface area contributed by atoms with Gasteiger partial charge in [-0.15, -0.1) is 0 Å². The highest BCUT2D eigenvalue weighted by atomic mass is 32.2. The van der Waals surface area contributed by atoms with E-state index in [4.69, 9.17) is 14.1 Å². The van der Waals surface area contributed by atoms with Gasteiger partial charge in [0, 0.05) is 32.3 Å². The summed E-state index contributed by atoms with van der Waals surface area (Å²) in [5, 5.41) is 17.3. The summed E-state index contributed by atoms with van der Waals surface area (Å²) in [5.74, 6) is 25.4. The Labute approximate surface area is 181 Å². The van der Waals surface area contributed by atoms with Crippen LogP contribution in [0, 0.1) is 79.6 Å². The second kappa shape index (κ2) is 30.2. The van der Waals surface area contributed by atoms with Crippen LogP contribution in [0.2, 0.25) is 0 Å². The van der Waals surface area contributed by atoms with Gasteiger partial charge in [0.25, 0.3) is 0 Å². The summed E-state index contributed by atoms with van der Waals surface area (Å²) >= 11 is 1.69. The average Bonchev–Trinajstić information content (AvgIpc) is 2.75. The molecule has 0 aliphatic carbocycles. The predicted octanol–water partition coefficient (Wildman–Crippen LogP) is 2.24. The number of nitrogens with zero attached hydrogens (tertiary/aromatic N) is 1. The summed E-state index contributed by atoms with van der Waals surface area (Å²) in [6.07, 6.45) is 0.0673. The van der Waals surface area contributed by atoms with Crippen molar-refractivity contribution in [3.8, 4) is 69.7 Å². The highest BCUT2D eigenvalue weighted by Crippen LogP contribution is 2.08. The first kappa shape index (κ1) is 31.2. The van der Waals surface area contributed by atoms with Crippen molar-refractivity contribution < 1.29 is 18.8 Å². The third kappa shape index (κ3) is 27.8. The molecular weight excluding hydrogens is 414 g/mol. The fraction of sp³-hybridized carbons (Fsp3) is 0.400. The topological polar surface area (TPSA) is 88.1 Å². The lowest BCUT2D eigenvalue weighted by Crippen LogP contribution is -2.33. The molecule has 1 atom stereocenters. The van der Waals surface area contributed by atoms with Crippen LogP contribution in [0.4, 0.5) is 0 Å². The van der Waals surface area contributed by atoms with E-state index in [-0.39, 0.29) is 6.23 Å². The summed E-state index contributed by atoms with van der Waals surface area (Å²) in [5.41, 5.74) is 0. The van der Waals surface area contributed by atoms with Crippen LogP contribution in [0.15, 0.2) is 0 Å². The molecular formula is C20H20NO6S2-. The minimum absolute atomic E-state index is 0.0673. The minimum atomic E-state index is 0.0673. The molecule has 1 unspecified atom stereocenters. The molecule has 0 aromatic heterocycles. The highest BCUT2D eigenvalue weighted by molar-refractivity contribution is 7.99. The Morgan fingerprint density at radius 3 is 1.69 bits per heavy atom. The molecule has 0 radical (unpaired) electrons. The molecule has 0 amide bonds. The lowest BCUT2D eigenvalue weighted by molar-refractivity contribution is -0.776. The lowest BCUT2D eigenvalue weighted by atomic mass is 10.5. The molecule has 0 bridgehead atoms. The van der Waals surface area contributed by atoms with E-state index < -0.39 is 0 Å². The second-order valence-electron chi connectivity index (χ2n) is 3.92. The van der Waals surface area contributed by atoms with Crippen molar-refractivity contribution in [2.45, 2.75) is 40.8 Å². The van der Waals surface area contributed by atoms with E-state index in [9.17, 15) is 5.26 Å². The molecule has 154 valence electrons. The Hall–Kier alpha value is -2.54. The summed E-state index contributed by atoms with van der Waals surface area (Å²) in [4.78, 5) is 16.2. The fourth-order valence-corrected chi connectivity index (χ4v) is 1.82. The van der Waals surface area contributed by atoms with Crippen molar-refractivity contribution in [1.82, 2.24) is 4.90 Å². The van der Waals surface area contributed by atoms with Gasteiger partial charge in [0.1, 0.15) is 18.3 Å². The number of rotatable bonds is 7. The molecule has 0 aliphatic rings. The van der Waals surface area contributed by atoms with Gasteiger partial charge in [0.15, 0.2) is 0 Å². The van der Waals surface area contributed by atoms with Gasteiger partial charge in [-0.2, -0.15) is 4.33 Å². The van der Waals surface area contributed by atoms with Crippen molar-refractivity contribution in [2.24, 2.45) is 0 Å². The third-order valence-corrected chi connectivity index (χ3v) is 3.26. The monoisotopic (exact) mass is 434 g/mol. The van der Waals surface area contributed by atoms with E-state index in [2.05, 4.69) is 97.8 Å². The van der Waals surface area contributed by atoms with Gasteiger partial charge in [-0.05, 0) is 69.4 Å². The minimum Gasteiger partial charge on any atom is -0.691 e. The van der Waals surface area contributed by atoms with E-state index in [0.717, 1.165) is 25.1 Å². The number of hydrogen-bond acceptors (Lipinski definition) is 9. The van der Waals surface area contributed by atoms with E-state index in [1.807, 2.05) is 6.92 Å². The van der Waals surface area contributed by atoms with Crippen LogP contribution in [0.1, 0.15) is 34.6 Å². The normalized spacial score (nSPS) is 8.10. The Bertz CT molecular complexity index is 775. The molecule has 7 nitrogen and oxygen atoms in total. The first-order chi connectivity index (χ1) is 14.2. The van der Waals surface area contributed by atoms with Crippen molar-refractivity contribution in [3.63, 3.8) is 0 Å². The van der Waals surface area contributed by atoms with E-state index in [1.54, 1.807) is 13.8 Å². The quantitative estimate of drug-likeness (QED) is 0.149. The average molecular weight is 435 g/mol. The SMILES string of the molecule is CC#CC#CC#CSOC(C)N(CC)CC.CC#CC#CC#CSOO[O-].O=O. The smallest absolute Gasteiger partial charge is 0.123 e. The van der Waals surface area contributed by atoms with Gasteiger partial charge in [0.2, 0.25) is 0 Å². The molecule has 0 aromatic carbocycles. The van der Waals surface area contributed by atoms with Crippen LogP contribution in [0.3, 0.4) is 0 Å². The van der Waals surface area contributed by atoms with Gasteiger partial charge in [0.05, 0.1) is 12.0 Å². The first-order valence-corrected chi connectivity index (χ1v) is 9.34. The molecule has 0 saturated heterocycles. The summed E-state index contributed by atoms with van der Waals surface area (Å²) in [7, 11) is 0. The van der Waals surface area contributed by atoms with Gasteiger partial charge < -0.3 is 5.26 Å². The van der Waals surface area contributed by atoms with E-state index >= 15 is 0 Å². The fourth-order valence-electron chi connectivity index (χ4n) is 1.27. The molecule has 0 rings (SSSR count). The lowest BCUT2D eigenvalue weighted by Gasteiger charge is -2.24. The molecule has 0 fully saturated rings. The Morgan fingerprint density at radius 1 is 0.828 bits per heavy atom. The Balaban J connectivity index is -0.000000454. The molecule has 0 spiro atoms. The molecule has 0 saturated carbocycles. The Morgan fingerprint density at radius 2 is 1.28 bits per heavy atom. The largest absolute Gasteiger partial charge is 0.691 e. The molecule has 0 aromatic rings. The standard InChI is InChI=1S/C13H17NOS.C7H4O3S.O2/c1-5-8-9-10-11-12-16-15-13(4)14(6-2)7-3;1-2-3-4-5-6-7-11-10-9-8;1-2/h13H,6-7H2,1-4H3;8H,1H3;/p-1. The Kier molecular flexibility index (Phi) is 32.4. The zero-order chi connectivity index (χ0) is 22.6. The highest BCUT2D eigenvalue weighted by Gasteiger charge is 2.09. The third-order valence-electron chi connectivity index (χ3n) is 2.39. The van der Waals surface area contributed by atoms with Gasteiger partial charge in [-0.3, -0.25) is 14.1 Å². The van der Waals surface area contributed by atoms with Crippen molar-refractivity contribution in [1.29, 1.82) is 0 Å². The maximum atomic E-state index is 9.20. The second-order valence-corrected chi connectivity index (χ2v) is 4.99. The number of hydrogen-bond donors (Lipinski definition) is 0. The van der Waals surface area contributed by atoms with Crippen LogP contribution in [-0.2, 0) is 13.6 Å². The predicted molar refractivity (Wildman–Crippen MR) is 116 cm³/mol. The molecule has 9 heteroatoms.